The van der Waals surface area contributed by atoms with Crippen molar-refractivity contribution in [2.75, 3.05) is 0 Å². The molecule has 3 heterocycles. The molecule has 2 aromatic carbocycles. The van der Waals surface area contributed by atoms with Gasteiger partial charge in [0.1, 0.15) is 11.6 Å². The van der Waals surface area contributed by atoms with Crippen LogP contribution in [-0.4, -0.2) is 22.7 Å². The van der Waals surface area contributed by atoms with Gasteiger partial charge in [0.05, 0.1) is 16.6 Å². The number of fused-ring (bicyclic) bond motifs is 3. The minimum Gasteiger partial charge on any atom is -0.461 e. The van der Waals surface area contributed by atoms with E-state index in [1.54, 1.807) is 28.5 Å². The van der Waals surface area contributed by atoms with Gasteiger partial charge >= 0.3 is 0 Å². The molecule has 0 amide bonds. The highest BCUT2D eigenvalue weighted by atomic mass is 35.5. The van der Waals surface area contributed by atoms with Crippen molar-refractivity contribution in [1.82, 2.24) is 5.01 Å². The normalized spacial score (nSPS) is 20.2. The molecule has 0 aliphatic carbocycles. The lowest BCUT2D eigenvalue weighted by atomic mass is 9.97. The van der Waals surface area contributed by atoms with Gasteiger partial charge in [-0.3, -0.25) is 4.79 Å². The monoisotopic (exact) mass is 412 g/mol. The summed E-state index contributed by atoms with van der Waals surface area (Å²) in [5.41, 5.74) is 2.20. The molecule has 0 bridgehead atoms. The van der Waals surface area contributed by atoms with Gasteiger partial charge in [0.25, 0.3) is 6.23 Å². The Morgan fingerprint density at radius 3 is 2.79 bits per heavy atom. The van der Waals surface area contributed by atoms with Crippen molar-refractivity contribution in [2.24, 2.45) is 5.10 Å². The number of thiophene rings is 1. The highest BCUT2D eigenvalue weighted by molar-refractivity contribution is 7.12. The standard InChI is InChI=1S/C21H14ClFN2O2S/c22-13-5-8-18-15(10-13)17-11-16(19-2-1-9-28-19)24-25(17)21(27-18)20(26)12-3-6-14(23)7-4-12/h1-10,17,21H,11H2/t17-,21-/m1/s1. The summed E-state index contributed by atoms with van der Waals surface area (Å²) in [6.45, 7) is 0. The highest BCUT2D eigenvalue weighted by Gasteiger charge is 2.43. The molecule has 3 aromatic rings. The average Bonchev–Trinajstić information content (AvgIpc) is 3.37. The Morgan fingerprint density at radius 1 is 1.21 bits per heavy atom. The van der Waals surface area contributed by atoms with Gasteiger partial charge in [-0.1, -0.05) is 17.7 Å². The number of Topliss-reactive ketones (excluding diaryl/α,β-unsaturated/α-hetero) is 1. The first kappa shape index (κ1) is 17.4. The Labute approximate surface area is 169 Å². The van der Waals surface area contributed by atoms with Crippen LogP contribution in [0.2, 0.25) is 5.02 Å². The molecule has 2 atom stereocenters. The van der Waals surface area contributed by atoms with Gasteiger partial charge in [0.15, 0.2) is 0 Å². The van der Waals surface area contributed by atoms with E-state index >= 15 is 0 Å². The molecule has 0 fully saturated rings. The Hall–Kier alpha value is -2.70. The summed E-state index contributed by atoms with van der Waals surface area (Å²) in [5.74, 6) is -0.0336. The van der Waals surface area contributed by atoms with Crippen LogP contribution >= 0.6 is 22.9 Å². The Bertz CT molecular complexity index is 1080. The Morgan fingerprint density at radius 2 is 2.04 bits per heavy atom. The lowest BCUT2D eigenvalue weighted by Crippen LogP contribution is -2.45. The molecule has 7 heteroatoms. The number of ketones is 1. The molecule has 1 aromatic heterocycles. The summed E-state index contributed by atoms with van der Waals surface area (Å²) in [4.78, 5) is 14.2. The van der Waals surface area contributed by atoms with Gasteiger partial charge in [-0.25, -0.2) is 9.40 Å². The molecule has 0 spiro atoms. The second kappa shape index (κ2) is 6.72. The van der Waals surface area contributed by atoms with Crippen molar-refractivity contribution in [2.45, 2.75) is 18.7 Å². The van der Waals surface area contributed by atoms with Gasteiger partial charge in [0.2, 0.25) is 5.78 Å². The number of ether oxygens (including phenoxy) is 1. The number of hydrogen-bond donors (Lipinski definition) is 0. The molecular weight excluding hydrogens is 399 g/mol. The number of rotatable bonds is 3. The number of carbonyl (C=O) groups is 1. The van der Waals surface area contributed by atoms with Crippen molar-refractivity contribution < 1.29 is 13.9 Å². The molecule has 0 saturated carbocycles. The van der Waals surface area contributed by atoms with Gasteiger partial charge in [-0.05, 0) is 53.9 Å². The van der Waals surface area contributed by atoms with Crippen molar-refractivity contribution in [1.29, 1.82) is 0 Å². The van der Waals surface area contributed by atoms with E-state index in [0.29, 0.717) is 22.8 Å². The van der Waals surface area contributed by atoms with Crippen molar-refractivity contribution in [3.63, 3.8) is 0 Å². The Kier molecular flexibility index (Phi) is 4.18. The van der Waals surface area contributed by atoms with E-state index in [-0.39, 0.29) is 11.8 Å². The number of benzene rings is 2. The fraction of sp³-hybridized carbons (Fsp3) is 0.143. The number of nitrogens with zero attached hydrogens (tertiary/aromatic N) is 2. The van der Waals surface area contributed by atoms with Gasteiger partial charge in [0, 0.05) is 22.6 Å². The maximum Gasteiger partial charge on any atom is 0.251 e. The zero-order valence-electron chi connectivity index (χ0n) is 14.5. The molecule has 0 radical (unpaired) electrons. The van der Waals surface area contributed by atoms with Crippen LogP contribution < -0.4 is 4.74 Å². The molecule has 28 heavy (non-hydrogen) atoms. The number of carbonyl (C=O) groups excluding carboxylic acids is 1. The van der Waals surface area contributed by atoms with Crippen molar-refractivity contribution in [3.8, 4) is 5.75 Å². The highest BCUT2D eigenvalue weighted by Crippen LogP contribution is 2.44. The zero-order chi connectivity index (χ0) is 19.3. The third-order valence-corrected chi connectivity index (χ3v) is 6.06. The van der Waals surface area contributed by atoms with Crippen LogP contribution in [0.15, 0.2) is 65.1 Å². The second-order valence-corrected chi connectivity index (χ2v) is 8.03. The molecule has 140 valence electrons. The van der Waals surface area contributed by atoms with E-state index in [9.17, 15) is 9.18 Å². The van der Waals surface area contributed by atoms with Gasteiger partial charge < -0.3 is 4.74 Å². The third-order valence-electron chi connectivity index (χ3n) is 4.91. The average molecular weight is 413 g/mol. The summed E-state index contributed by atoms with van der Waals surface area (Å²) < 4.78 is 19.3. The molecule has 0 saturated heterocycles. The largest absolute Gasteiger partial charge is 0.461 e. The first-order chi connectivity index (χ1) is 13.6. The minimum absolute atomic E-state index is 0.144. The lowest BCUT2D eigenvalue weighted by molar-refractivity contribution is -0.00455. The number of halogens is 2. The second-order valence-electron chi connectivity index (χ2n) is 6.65. The van der Waals surface area contributed by atoms with Crippen molar-refractivity contribution >= 4 is 34.4 Å². The van der Waals surface area contributed by atoms with Crippen LogP contribution in [0.5, 0.6) is 5.75 Å². The van der Waals surface area contributed by atoms with E-state index in [4.69, 9.17) is 21.4 Å². The van der Waals surface area contributed by atoms with Crippen LogP contribution in [0, 0.1) is 5.82 Å². The fourth-order valence-electron chi connectivity index (χ4n) is 3.58. The van der Waals surface area contributed by atoms with Crippen LogP contribution in [0.4, 0.5) is 4.39 Å². The Balaban J connectivity index is 1.57. The maximum atomic E-state index is 13.3. The maximum absolute atomic E-state index is 13.3. The lowest BCUT2D eigenvalue weighted by Gasteiger charge is -2.37. The first-order valence-electron chi connectivity index (χ1n) is 8.76. The van der Waals surface area contributed by atoms with E-state index in [1.165, 1.54) is 24.3 Å². The predicted molar refractivity (Wildman–Crippen MR) is 107 cm³/mol. The van der Waals surface area contributed by atoms with Gasteiger partial charge in [-0.2, -0.15) is 5.10 Å². The molecular formula is C21H14ClFN2O2S. The van der Waals surface area contributed by atoms with E-state index < -0.39 is 12.0 Å². The van der Waals surface area contributed by atoms with Crippen LogP contribution in [0.3, 0.4) is 0 Å². The summed E-state index contributed by atoms with van der Waals surface area (Å²) >= 11 is 7.81. The first-order valence-corrected chi connectivity index (χ1v) is 10.0. The molecule has 2 aliphatic heterocycles. The van der Waals surface area contributed by atoms with Crippen molar-refractivity contribution in [3.05, 3.63) is 86.8 Å². The van der Waals surface area contributed by atoms with E-state index in [1.807, 2.05) is 23.6 Å². The molecule has 0 unspecified atom stereocenters. The smallest absolute Gasteiger partial charge is 0.251 e. The predicted octanol–water partition coefficient (Wildman–Crippen LogP) is 5.29. The van der Waals surface area contributed by atoms with Crippen LogP contribution in [0.25, 0.3) is 0 Å². The number of hydrogen-bond acceptors (Lipinski definition) is 5. The SMILES string of the molecule is O=C(c1ccc(F)cc1)[C@H]1Oc2ccc(Cl)cc2[C@H]2CC(c3cccs3)=NN12. The van der Waals surface area contributed by atoms with Crippen LogP contribution in [0.1, 0.15) is 33.3 Å². The quantitative estimate of drug-likeness (QED) is 0.548. The molecule has 2 aliphatic rings. The number of hydrazone groups is 1. The third kappa shape index (κ3) is 2.89. The molecule has 0 N–H and O–H groups in total. The summed E-state index contributed by atoms with van der Waals surface area (Å²) in [7, 11) is 0. The fourth-order valence-corrected chi connectivity index (χ4v) is 4.48. The summed E-state index contributed by atoms with van der Waals surface area (Å²) in [5, 5.41) is 9.04. The summed E-state index contributed by atoms with van der Waals surface area (Å²) in [6, 6.07) is 14.7. The summed E-state index contributed by atoms with van der Waals surface area (Å²) in [6.07, 6.45) is -0.258. The zero-order valence-corrected chi connectivity index (χ0v) is 16.1. The topological polar surface area (TPSA) is 41.9 Å². The minimum atomic E-state index is -0.915. The van der Waals surface area contributed by atoms with Gasteiger partial charge in [-0.15, -0.1) is 11.3 Å². The van der Waals surface area contributed by atoms with E-state index in [0.717, 1.165) is 16.2 Å². The van der Waals surface area contributed by atoms with E-state index in [2.05, 4.69) is 0 Å². The van der Waals surface area contributed by atoms with Crippen LogP contribution in [-0.2, 0) is 0 Å². The molecule has 4 nitrogen and oxygen atoms in total. The molecule has 5 rings (SSSR count).